The van der Waals surface area contributed by atoms with Gasteiger partial charge in [0, 0.05) is 16.9 Å². The topological polar surface area (TPSA) is 68.2 Å². The van der Waals surface area contributed by atoms with E-state index in [2.05, 4.69) is 28.3 Å². The zero-order valence-electron chi connectivity index (χ0n) is 13.3. The second-order valence-corrected chi connectivity index (χ2v) is 5.71. The van der Waals surface area contributed by atoms with Crippen LogP contribution in [0.1, 0.15) is 5.56 Å². The monoisotopic (exact) mass is 315 g/mol. The molecule has 0 amide bonds. The zero-order valence-corrected chi connectivity index (χ0v) is 13.3. The van der Waals surface area contributed by atoms with Crippen molar-refractivity contribution in [3.05, 3.63) is 72.8 Å². The van der Waals surface area contributed by atoms with Gasteiger partial charge in [0.2, 0.25) is 0 Å². The maximum absolute atomic E-state index is 5.91. The number of nitrogens with one attached hydrogen (secondary N) is 1. The van der Waals surface area contributed by atoms with Crippen molar-refractivity contribution in [2.45, 2.75) is 6.92 Å². The van der Waals surface area contributed by atoms with Crippen LogP contribution in [0.25, 0.3) is 16.8 Å². The first kappa shape index (κ1) is 14.3. The molecule has 5 heteroatoms. The highest BCUT2D eigenvalue weighted by Crippen LogP contribution is 2.27. The van der Waals surface area contributed by atoms with Gasteiger partial charge in [0.15, 0.2) is 5.82 Å². The number of hydrogen-bond acceptors (Lipinski definition) is 4. The lowest BCUT2D eigenvalue weighted by molar-refractivity contribution is 1.12. The van der Waals surface area contributed by atoms with E-state index in [4.69, 9.17) is 5.73 Å². The average molecular weight is 315 g/mol. The van der Waals surface area contributed by atoms with E-state index in [1.807, 2.05) is 59.3 Å². The molecule has 0 fully saturated rings. The van der Waals surface area contributed by atoms with E-state index in [1.54, 1.807) is 6.33 Å². The minimum Gasteiger partial charge on any atom is -0.399 e. The van der Waals surface area contributed by atoms with Gasteiger partial charge in [-0.3, -0.25) is 4.40 Å². The van der Waals surface area contributed by atoms with Crippen LogP contribution in [0.5, 0.6) is 0 Å². The van der Waals surface area contributed by atoms with E-state index in [0.717, 1.165) is 39.5 Å². The van der Waals surface area contributed by atoms with Gasteiger partial charge < -0.3 is 11.1 Å². The van der Waals surface area contributed by atoms with Crippen LogP contribution < -0.4 is 11.1 Å². The first-order chi connectivity index (χ1) is 11.7. The molecule has 4 rings (SSSR count). The molecule has 0 saturated heterocycles. The molecular weight excluding hydrogens is 298 g/mol. The van der Waals surface area contributed by atoms with Crippen molar-refractivity contribution in [3.63, 3.8) is 0 Å². The van der Waals surface area contributed by atoms with Gasteiger partial charge in [-0.25, -0.2) is 9.97 Å². The fraction of sp³-hybridized carbons (Fsp3) is 0.0526. The van der Waals surface area contributed by atoms with Crippen LogP contribution in [0.2, 0.25) is 0 Å². The highest BCUT2D eigenvalue weighted by atomic mass is 15.1. The van der Waals surface area contributed by atoms with Crippen LogP contribution in [0.3, 0.4) is 0 Å². The van der Waals surface area contributed by atoms with Crippen LogP contribution in [-0.4, -0.2) is 14.4 Å². The summed E-state index contributed by atoms with van der Waals surface area (Å²) in [5.41, 5.74) is 11.7. The Kier molecular flexibility index (Phi) is 3.39. The Morgan fingerprint density at radius 1 is 1.04 bits per heavy atom. The standard InChI is InChI=1S/C19H17N5/c1-13-5-2-3-8-16(13)23-19-18-10-21-12-24(18)17(11-22-19)14-6-4-7-15(20)9-14/h2-12H,20H2,1H3,(H,22,23). The maximum atomic E-state index is 5.91. The third kappa shape index (κ3) is 2.46. The average Bonchev–Trinajstić information content (AvgIpc) is 3.07. The Balaban J connectivity index is 1.82. The number of nitrogens with zero attached hydrogens (tertiary/aromatic N) is 3. The van der Waals surface area contributed by atoms with Gasteiger partial charge in [-0.2, -0.15) is 0 Å². The summed E-state index contributed by atoms with van der Waals surface area (Å²) in [5.74, 6) is 0.773. The third-order valence-electron chi connectivity index (χ3n) is 4.04. The molecule has 4 aromatic rings. The van der Waals surface area contributed by atoms with Gasteiger partial charge in [-0.1, -0.05) is 30.3 Å². The predicted octanol–water partition coefficient (Wildman–Crippen LogP) is 4.03. The molecule has 0 bridgehead atoms. The normalized spacial score (nSPS) is 10.9. The van der Waals surface area contributed by atoms with Crippen molar-refractivity contribution < 1.29 is 0 Å². The zero-order chi connectivity index (χ0) is 16.5. The second-order valence-electron chi connectivity index (χ2n) is 5.71. The molecule has 2 aromatic carbocycles. The first-order valence-corrected chi connectivity index (χ1v) is 7.72. The van der Waals surface area contributed by atoms with Crippen LogP contribution in [-0.2, 0) is 0 Å². The second kappa shape index (κ2) is 5.70. The predicted molar refractivity (Wildman–Crippen MR) is 97.3 cm³/mol. The largest absolute Gasteiger partial charge is 0.399 e. The van der Waals surface area contributed by atoms with Gasteiger partial charge in [0.1, 0.15) is 5.52 Å². The number of rotatable bonds is 3. The fourth-order valence-corrected chi connectivity index (χ4v) is 2.76. The highest BCUT2D eigenvalue weighted by molar-refractivity contribution is 5.77. The smallest absolute Gasteiger partial charge is 0.156 e. The summed E-state index contributed by atoms with van der Waals surface area (Å²) < 4.78 is 2.02. The van der Waals surface area contributed by atoms with Gasteiger partial charge in [0.05, 0.1) is 24.4 Å². The number of fused-ring (bicyclic) bond motifs is 1. The molecule has 24 heavy (non-hydrogen) atoms. The number of imidazole rings is 1. The van der Waals surface area contributed by atoms with Gasteiger partial charge in [0.25, 0.3) is 0 Å². The van der Waals surface area contributed by atoms with Gasteiger partial charge in [-0.15, -0.1) is 0 Å². The van der Waals surface area contributed by atoms with Crippen molar-refractivity contribution >= 4 is 22.7 Å². The molecule has 2 aromatic heterocycles. The molecule has 2 heterocycles. The van der Waals surface area contributed by atoms with Gasteiger partial charge >= 0.3 is 0 Å². The van der Waals surface area contributed by atoms with E-state index >= 15 is 0 Å². The summed E-state index contributed by atoms with van der Waals surface area (Å²) in [6.07, 6.45) is 5.44. The van der Waals surface area contributed by atoms with Crippen molar-refractivity contribution in [2.75, 3.05) is 11.1 Å². The number of para-hydroxylation sites is 1. The molecular formula is C19H17N5. The number of nitrogens with two attached hydrogens (primary N) is 1. The van der Waals surface area contributed by atoms with E-state index in [9.17, 15) is 0 Å². The van der Waals surface area contributed by atoms with Crippen LogP contribution >= 0.6 is 0 Å². The van der Waals surface area contributed by atoms with E-state index in [-0.39, 0.29) is 0 Å². The molecule has 0 unspecified atom stereocenters. The van der Waals surface area contributed by atoms with Crippen molar-refractivity contribution in [1.82, 2.24) is 14.4 Å². The fourth-order valence-electron chi connectivity index (χ4n) is 2.76. The number of hydrogen-bond donors (Lipinski definition) is 2. The summed E-state index contributed by atoms with van der Waals surface area (Å²) in [5, 5.41) is 3.39. The lowest BCUT2D eigenvalue weighted by Crippen LogP contribution is -2.01. The Labute approximate surface area is 139 Å². The third-order valence-corrected chi connectivity index (χ3v) is 4.04. The van der Waals surface area contributed by atoms with Crippen molar-refractivity contribution in [2.24, 2.45) is 0 Å². The molecule has 0 radical (unpaired) electrons. The number of benzene rings is 2. The lowest BCUT2D eigenvalue weighted by Gasteiger charge is -2.12. The summed E-state index contributed by atoms with van der Waals surface area (Å²) in [6, 6.07) is 15.9. The Morgan fingerprint density at radius 2 is 1.92 bits per heavy atom. The molecule has 0 atom stereocenters. The first-order valence-electron chi connectivity index (χ1n) is 7.72. The minimum absolute atomic E-state index is 0.725. The van der Waals surface area contributed by atoms with E-state index < -0.39 is 0 Å². The summed E-state index contributed by atoms with van der Waals surface area (Å²) >= 11 is 0. The number of aryl methyl sites for hydroxylation is 1. The summed E-state index contributed by atoms with van der Waals surface area (Å²) in [6.45, 7) is 2.07. The number of aromatic nitrogens is 3. The summed E-state index contributed by atoms with van der Waals surface area (Å²) in [4.78, 5) is 8.90. The Bertz CT molecular complexity index is 1020. The Morgan fingerprint density at radius 3 is 2.75 bits per heavy atom. The van der Waals surface area contributed by atoms with E-state index in [0.29, 0.717) is 0 Å². The molecule has 3 N–H and O–H groups in total. The van der Waals surface area contributed by atoms with Crippen LogP contribution in [0.15, 0.2) is 67.3 Å². The molecule has 5 nitrogen and oxygen atoms in total. The Hall–Kier alpha value is -3.34. The van der Waals surface area contributed by atoms with Gasteiger partial charge in [-0.05, 0) is 30.7 Å². The molecule has 0 aliphatic carbocycles. The number of nitrogen functional groups attached to an aromatic ring is 1. The molecule has 0 aliphatic rings. The van der Waals surface area contributed by atoms with Crippen molar-refractivity contribution in [1.29, 1.82) is 0 Å². The minimum atomic E-state index is 0.725. The lowest BCUT2D eigenvalue weighted by atomic mass is 10.1. The molecule has 0 spiro atoms. The SMILES string of the molecule is Cc1ccccc1Nc1ncc(-c2cccc(N)c2)n2cncc12. The maximum Gasteiger partial charge on any atom is 0.156 e. The van der Waals surface area contributed by atoms with Crippen LogP contribution in [0.4, 0.5) is 17.2 Å². The molecule has 0 saturated carbocycles. The van der Waals surface area contributed by atoms with Crippen molar-refractivity contribution in [3.8, 4) is 11.3 Å². The molecule has 118 valence electrons. The molecule has 0 aliphatic heterocycles. The number of anilines is 3. The summed E-state index contributed by atoms with van der Waals surface area (Å²) in [7, 11) is 0. The quantitative estimate of drug-likeness (QED) is 0.560. The van der Waals surface area contributed by atoms with Crippen LogP contribution in [0, 0.1) is 6.92 Å². The highest BCUT2D eigenvalue weighted by Gasteiger charge is 2.10. The van der Waals surface area contributed by atoms with E-state index in [1.165, 1.54) is 0 Å².